The Bertz CT molecular complexity index is 295. The molecule has 0 bridgehead atoms. The molecule has 0 heterocycles. The predicted molar refractivity (Wildman–Crippen MR) is 104 cm³/mol. The van der Waals surface area contributed by atoms with Gasteiger partial charge in [-0.2, -0.15) is 0 Å². The average molecular weight is 341 g/mol. The Morgan fingerprint density at radius 3 is 1.71 bits per heavy atom. The lowest BCUT2D eigenvalue weighted by Gasteiger charge is -2.30. The summed E-state index contributed by atoms with van der Waals surface area (Å²) in [5.41, 5.74) is 0.507. The molecular weight excluding hydrogens is 296 g/mol. The van der Waals surface area contributed by atoms with Crippen LogP contribution in [0.3, 0.4) is 0 Å². The number of aliphatic hydroxyl groups excluding tert-OH is 2. The second-order valence-corrected chi connectivity index (χ2v) is 9.43. The van der Waals surface area contributed by atoms with E-state index in [0.29, 0.717) is 17.8 Å². The summed E-state index contributed by atoms with van der Waals surface area (Å²) in [5.74, 6) is 0.446. The van der Waals surface area contributed by atoms with Crippen LogP contribution in [0.2, 0.25) is 0 Å². The van der Waals surface area contributed by atoms with Gasteiger partial charge in [-0.25, -0.2) is 0 Å². The molecule has 0 spiro atoms. The Morgan fingerprint density at radius 1 is 0.708 bits per heavy atom. The summed E-state index contributed by atoms with van der Waals surface area (Å²) in [6.45, 7) is 7.02. The van der Waals surface area contributed by atoms with Gasteiger partial charge >= 0.3 is 0 Å². The van der Waals surface area contributed by atoms with Crippen molar-refractivity contribution in [2.75, 3.05) is 0 Å². The lowest BCUT2D eigenvalue weighted by atomic mass is 9.82. The zero-order valence-electron chi connectivity index (χ0n) is 16.7. The number of unbranched alkanes of at least 4 members (excludes halogenated alkanes) is 9. The van der Waals surface area contributed by atoms with Crippen molar-refractivity contribution < 1.29 is 10.2 Å². The first kappa shape index (κ1) is 22.0. The minimum Gasteiger partial charge on any atom is -0.393 e. The van der Waals surface area contributed by atoms with Crippen molar-refractivity contribution in [3.05, 3.63) is 0 Å². The van der Waals surface area contributed by atoms with Gasteiger partial charge in [0.1, 0.15) is 0 Å². The Balaban J connectivity index is 1.81. The number of aliphatic hydroxyl groups is 2. The highest BCUT2D eigenvalue weighted by Crippen LogP contribution is 2.29. The monoisotopic (exact) mass is 340 g/mol. The molecule has 1 saturated carbocycles. The highest BCUT2D eigenvalue weighted by molar-refractivity contribution is 4.79. The van der Waals surface area contributed by atoms with Gasteiger partial charge in [0.15, 0.2) is 0 Å². The Kier molecular flexibility index (Phi) is 11.3. The maximum atomic E-state index is 9.99. The minimum absolute atomic E-state index is 0.257. The molecule has 0 aromatic rings. The standard InChI is InChI=1S/C22H44O2/c1-22(2,3)17-13-11-9-7-5-4-6-8-10-12-14-19-15-16-20(23)18-21(19)24/h19-21,23-24H,4-18H2,1-3H3. The molecule has 0 aromatic carbocycles. The summed E-state index contributed by atoms with van der Waals surface area (Å²) in [4.78, 5) is 0. The van der Waals surface area contributed by atoms with Crippen molar-refractivity contribution in [3.63, 3.8) is 0 Å². The summed E-state index contributed by atoms with van der Waals surface area (Å²) < 4.78 is 0. The van der Waals surface area contributed by atoms with E-state index in [9.17, 15) is 10.2 Å². The largest absolute Gasteiger partial charge is 0.393 e. The van der Waals surface area contributed by atoms with E-state index in [1.165, 1.54) is 70.6 Å². The first-order chi connectivity index (χ1) is 11.4. The zero-order chi connectivity index (χ0) is 17.8. The summed E-state index contributed by atoms with van der Waals surface area (Å²) in [6.07, 6.45) is 18.3. The van der Waals surface area contributed by atoms with E-state index in [4.69, 9.17) is 0 Å². The highest BCUT2D eigenvalue weighted by Gasteiger charge is 2.27. The van der Waals surface area contributed by atoms with Gasteiger partial charge in [-0.15, -0.1) is 0 Å². The van der Waals surface area contributed by atoms with Gasteiger partial charge < -0.3 is 10.2 Å². The van der Waals surface area contributed by atoms with Crippen molar-refractivity contribution in [2.45, 2.75) is 129 Å². The molecule has 0 aliphatic heterocycles. The van der Waals surface area contributed by atoms with Gasteiger partial charge in [0.25, 0.3) is 0 Å². The van der Waals surface area contributed by atoms with E-state index in [0.717, 1.165) is 19.3 Å². The molecule has 3 atom stereocenters. The summed E-state index contributed by atoms with van der Waals surface area (Å²) in [7, 11) is 0. The van der Waals surface area contributed by atoms with Crippen molar-refractivity contribution in [1.82, 2.24) is 0 Å². The summed E-state index contributed by atoms with van der Waals surface area (Å²) in [6, 6.07) is 0. The SMILES string of the molecule is CC(C)(C)CCCCCCCCCCCCC1CCC(O)CC1O. The van der Waals surface area contributed by atoms with E-state index in [1.807, 2.05) is 0 Å². The summed E-state index contributed by atoms with van der Waals surface area (Å²) in [5, 5.41) is 19.5. The van der Waals surface area contributed by atoms with Gasteiger partial charge in [-0.1, -0.05) is 85.0 Å². The zero-order valence-corrected chi connectivity index (χ0v) is 16.7. The maximum Gasteiger partial charge on any atom is 0.0593 e. The number of hydrogen-bond acceptors (Lipinski definition) is 2. The molecule has 2 heteroatoms. The van der Waals surface area contributed by atoms with E-state index in [-0.39, 0.29) is 12.2 Å². The Hall–Kier alpha value is -0.0800. The van der Waals surface area contributed by atoms with Crippen LogP contribution < -0.4 is 0 Å². The van der Waals surface area contributed by atoms with E-state index in [2.05, 4.69) is 20.8 Å². The third kappa shape index (κ3) is 11.5. The lowest BCUT2D eigenvalue weighted by molar-refractivity contribution is -0.00228. The van der Waals surface area contributed by atoms with Gasteiger partial charge in [-0.05, 0) is 43.4 Å². The highest BCUT2D eigenvalue weighted by atomic mass is 16.3. The van der Waals surface area contributed by atoms with E-state index < -0.39 is 0 Å². The van der Waals surface area contributed by atoms with Crippen LogP contribution in [-0.4, -0.2) is 22.4 Å². The van der Waals surface area contributed by atoms with Gasteiger partial charge in [0, 0.05) is 0 Å². The molecule has 1 rings (SSSR count). The Labute approximate surface area is 151 Å². The fraction of sp³-hybridized carbons (Fsp3) is 1.00. The van der Waals surface area contributed by atoms with Crippen LogP contribution in [0.1, 0.15) is 117 Å². The van der Waals surface area contributed by atoms with E-state index in [1.54, 1.807) is 0 Å². The molecule has 0 radical (unpaired) electrons. The average Bonchev–Trinajstić information content (AvgIpc) is 2.49. The molecule has 24 heavy (non-hydrogen) atoms. The molecule has 2 nitrogen and oxygen atoms in total. The normalized spacial score (nSPS) is 25.1. The molecule has 0 amide bonds. The topological polar surface area (TPSA) is 40.5 Å². The molecule has 2 N–H and O–H groups in total. The molecule has 144 valence electrons. The third-order valence-electron chi connectivity index (χ3n) is 5.68. The smallest absolute Gasteiger partial charge is 0.0593 e. The molecular formula is C22H44O2. The first-order valence-electron chi connectivity index (χ1n) is 10.7. The molecule has 1 fully saturated rings. The van der Waals surface area contributed by atoms with Crippen LogP contribution in [0.5, 0.6) is 0 Å². The molecule has 1 aliphatic rings. The third-order valence-corrected chi connectivity index (χ3v) is 5.68. The predicted octanol–water partition coefficient (Wildman–Crippen LogP) is 6.24. The van der Waals surface area contributed by atoms with Crippen LogP contribution in [0.4, 0.5) is 0 Å². The van der Waals surface area contributed by atoms with Crippen LogP contribution in [0.25, 0.3) is 0 Å². The van der Waals surface area contributed by atoms with Crippen LogP contribution in [0, 0.1) is 11.3 Å². The van der Waals surface area contributed by atoms with E-state index >= 15 is 0 Å². The second kappa shape index (κ2) is 12.3. The fourth-order valence-electron chi connectivity index (χ4n) is 4.00. The Morgan fingerprint density at radius 2 is 1.21 bits per heavy atom. The molecule has 0 saturated heterocycles. The van der Waals surface area contributed by atoms with Crippen LogP contribution >= 0.6 is 0 Å². The minimum atomic E-state index is -0.260. The van der Waals surface area contributed by atoms with Crippen molar-refractivity contribution >= 4 is 0 Å². The number of hydrogen-bond donors (Lipinski definition) is 2. The second-order valence-electron chi connectivity index (χ2n) is 9.43. The van der Waals surface area contributed by atoms with Gasteiger partial charge in [0.2, 0.25) is 0 Å². The first-order valence-corrected chi connectivity index (χ1v) is 10.7. The fourth-order valence-corrected chi connectivity index (χ4v) is 4.00. The van der Waals surface area contributed by atoms with Gasteiger partial charge in [0.05, 0.1) is 12.2 Å². The molecule has 3 unspecified atom stereocenters. The van der Waals surface area contributed by atoms with Crippen LogP contribution in [-0.2, 0) is 0 Å². The quantitative estimate of drug-likeness (QED) is 0.413. The van der Waals surface area contributed by atoms with Crippen molar-refractivity contribution in [2.24, 2.45) is 11.3 Å². The van der Waals surface area contributed by atoms with Crippen molar-refractivity contribution in [3.8, 4) is 0 Å². The van der Waals surface area contributed by atoms with Gasteiger partial charge in [-0.3, -0.25) is 0 Å². The lowest BCUT2D eigenvalue weighted by Crippen LogP contribution is -2.31. The summed E-state index contributed by atoms with van der Waals surface area (Å²) >= 11 is 0. The van der Waals surface area contributed by atoms with Crippen LogP contribution in [0.15, 0.2) is 0 Å². The van der Waals surface area contributed by atoms with Crippen molar-refractivity contribution in [1.29, 1.82) is 0 Å². The maximum absolute atomic E-state index is 9.99. The molecule has 1 aliphatic carbocycles. The number of rotatable bonds is 12. The molecule has 0 aromatic heterocycles.